The summed E-state index contributed by atoms with van der Waals surface area (Å²) < 4.78 is 1.71. The molecule has 2 aliphatic rings. The van der Waals surface area contributed by atoms with Crippen molar-refractivity contribution >= 4 is 5.91 Å². The quantitative estimate of drug-likeness (QED) is 0.923. The highest BCUT2D eigenvalue weighted by molar-refractivity contribution is 5.94. The van der Waals surface area contributed by atoms with E-state index in [1.54, 1.807) is 4.57 Å². The van der Waals surface area contributed by atoms with E-state index in [1.807, 2.05) is 31.3 Å². The van der Waals surface area contributed by atoms with Crippen LogP contribution >= 0.6 is 0 Å². The van der Waals surface area contributed by atoms with E-state index in [9.17, 15) is 9.59 Å². The molecule has 1 N–H and O–H groups in total. The van der Waals surface area contributed by atoms with Crippen LogP contribution in [-0.4, -0.2) is 16.5 Å². The van der Waals surface area contributed by atoms with E-state index in [1.165, 1.54) is 24.0 Å². The second kappa shape index (κ2) is 7.10. The summed E-state index contributed by atoms with van der Waals surface area (Å²) in [5.74, 6) is 0.146. The number of pyridine rings is 1. The number of carbonyl (C=O) groups excluding carboxylic acids is 1. The molecule has 1 aromatic carbocycles. The number of benzene rings is 1. The molecule has 2 aromatic rings. The Morgan fingerprint density at radius 1 is 1.08 bits per heavy atom. The normalized spacial score (nSPS) is 22.0. The molecule has 0 radical (unpaired) electrons. The van der Waals surface area contributed by atoms with Crippen molar-refractivity contribution < 1.29 is 4.79 Å². The highest BCUT2D eigenvalue weighted by Crippen LogP contribution is 2.40. The van der Waals surface area contributed by atoms with Gasteiger partial charge in [0.25, 0.3) is 11.5 Å². The lowest BCUT2D eigenvalue weighted by Gasteiger charge is -2.18. The number of aromatic nitrogens is 1. The molecule has 1 unspecified atom stereocenters. The fraction of sp³-hybridized carbons (Fsp3) is 0.455. The van der Waals surface area contributed by atoms with Gasteiger partial charge >= 0.3 is 0 Å². The Balaban J connectivity index is 1.54. The smallest absolute Gasteiger partial charge is 0.263 e. The van der Waals surface area contributed by atoms with E-state index in [0.29, 0.717) is 11.5 Å². The number of amides is 1. The molecule has 0 aliphatic heterocycles. The van der Waals surface area contributed by atoms with Crippen molar-refractivity contribution in [1.82, 2.24) is 9.88 Å². The Labute approximate surface area is 154 Å². The van der Waals surface area contributed by atoms with Crippen molar-refractivity contribution in [2.45, 2.75) is 56.9 Å². The maximum atomic E-state index is 12.8. The van der Waals surface area contributed by atoms with Gasteiger partial charge in [-0.25, -0.2) is 0 Å². The molecule has 1 amide bonds. The average Bonchev–Trinajstić information content (AvgIpc) is 3.39. The zero-order valence-corrected chi connectivity index (χ0v) is 15.3. The van der Waals surface area contributed by atoms with Gasteiger partial charge in [-0.2, -0.15) is 0 Å². The third-order valence-electron chi connectivity index (χ3n) is 5.82. The molecular weight excluding hydrogens is 324 g/mol. The monoisotopic (exact) mass is 350 g/mol. The molecule has 1 saturated carbocycles. The zero-order valence-electron chi connectivity index (χ0n) is 15.3. The molecule has 4 rings (SSSR count). The topological polar surface area (TPSA) is 51.1 Å². The third kappa shape index (κ3) is 3.33. The summed E-state index contributed by atoms with van der Waals surface area (Å²) in [6.07, 6.45) is 7.53. The molecule has 2 aliphatic carbocycles. The SMILES string of the molecule is Cn1c2c(cc(C(=O)NC3C[C@@H]3c3ccccc3)c1=O)CCCCCC2. The van der Waals surface area contributed by atoms with Crippen LogP contribution < -0.4 is 10.9 Å². The highest BCUT2D eigenvalue weighted by atomic mass is 16.2. The van der Waals surface area contributed by atoms with Crippen LogP contribution in [0.3, 0.4) is 0 Å². The number of rotatable bonds is 3. The van der Waals surface area contributed by atoms with Gasteiger partial charge in [0.05, 0.1) is 0 Å². The Bertz CT molecular complexity index is 870. The van der Waals surface area contributed by atoms with Gasteiger partial charge in [-0.1, -0.05) is 43.2 Å². The predicted octanol–water partition coefficient (Wildman–Crippen LogP) is 3.33. The largest absolute Gasteiger partial charge is 0.348 e. The third-order valence-corrected chi connectivity index (χ3v) is 5.82. The maximum Gasteiger partial charge on any atom is 0.263 e. The highest BCUT2D eigenvalue weighted by Gasteiger charge is 2.39. The molecule has 0 saturated heterocycles. The summed E-state index contributed by atoms with van der Waals surface area (Å²) in [5, 5.41) is 3.07. The second-order valence-corrected chi connectivity index (χ2v) is 7.64. The van der Waals surface area contributed by atoms with Crippen molar-refractivity contribution in [3.8, 4) is 0 Å². The fourth-order valence-electron chi connectivity index (χ4n) is 4.18. The van der Waals surface area contributed by atoms with Crippen molar-refractivity contribution in [2.75, 3.05) is 0 Å². The van der Waals surface area contributed by atoms with Crippen molar-refractivity contribution in [3.05, 3.63) is 69.1 Å². The lowest BCUT2D eigenvalue weighted by Crippen LogP contribution is -2.35. The van der Waals surface area contributed by atoms with E-state index < -0.39 is 0 Å². The summed E-state index contributed by atoms with van der Waals surface area (Å²) in [6.45, 7) is 0. The van der Waals surface area contributed by atoms with Crippen LogP contribution in [-0.2, 0) is 19.9 Å². The van der Waals surface area contributed by atoms with Crippen LogP contribution in [0.15, 0.2) is 41.2 Å². The Hall–Kier alpha value is -2.36. The standard InChI is InChI=1S/C22H26N2O2/c1-24-20-12-8-3-2-5-11-16(20)13-18(22(24)26)21(25)23-19-14-17(19)15-9-6-4-7-10-15/h4,6-7,9-10,13,17,19H,2-3,5,8,11-12,14H2,1H3,(H,23,25)/t17-,19?/m1/s1. The van der Waals surface area contributed by atoms with Gasteiger partial charge in [-0.05, 0) is 49.3 Å². The number of hydrogen-bond donors (Lipinski definition) is 1. The van der Waals surface area contributed by atoms with Gasteiger partial charge < -0.3 is 9.88 Å². The number of hydrogen-bond acceptors (Lipinski definition) is 2. The first-order chi connectivity index (χ1) is 12.6. The Morgan fingerprint density at radius 3 is 2.58 bits per heavy atom. The number of nitrogens with zero attached hydrogens (tertiary/aromatic N) is 1. The van der Waals surface area contributed by atoms with E-state index in [0.717, 1.165) is 37.8 Å². The average molecular weight is 350 g/mol. The van der Waals surface area contributed by atoms with Crippen LogP contribution in [0.25, 0.3) is 0 Å². The minimum Gasteiger partial charge on any atom is -0.348 e. The summed E-state index contributed by atoms with van der Waals surface area (Å²) in [4.78, 5) is 25.5. The van der Waals surface area contributed by atoms with E-state index in [-0.39, 0.29) is 17.5 Å². The summed E-state index contributed by atoms with van der Waals surface area (Å²) in [7, 11) is 1.81. The second-order valence-electron chi connectivity index (χ2n) is 7.64. The number of aryl methyl sites for hydroxylation is 1. The van der Waals surface area contributed by atoms with Crippen LogP contribution in [0.2, 0.25) is 0 Å². The predicted molar refractivity (Wildman–Crippen MR) is 103 cm³/mol. The Kier molecular flexibility index (Phi) is 4.66. The molecule has 136 valence electrons. The zero-order chi connectivity index (χ0) is 18.1. The van der Waals surface area contributed by atoms with E-state index in [2.05, 4.69) is 17.4 Å². The lowest BCUT2D eigenvalue weighted by molar-refractivity contribution is 0.0948. The molecule has 1 aromatic heterocycles. The maximum absolute atomic E-state index is 12.8. The summed E-state index contributed by atoms with van der Waals surface area (Å²) in [5.41, 5.74) is 3.67. The number of nitrogens with one attached hydrogen (secondary N) is 1. The summed E-state index contributed by atoms with van der Waals surface area (Å²) >= 11 is 0. The lowest BCUT2D eigenvalue weighted by atomic mass is 9.95. The molecule has 0 spiro atoms. The molecule has 4 nitrogen and oxygen atoms in total. The first-order valence-electron chi connectivity index (χ1n) is 9.72. The van der Waals surface area contributed by atoms with Gasteiger partial charge in [0.2, 0.25) is 0 Å². The summed E-state index contributed by atoms with van der Waals surface area (Å²) in [6, 6.07) is 12.2. The molecule has 4 heteroatoms. The van der Waals surface area contributed by atoms with Crippen molar-refractivity contribution in [1.29, 1.82) is 0 Å². The van der Waals surface area contributed by atoms with Gasteiger partial charge in [-0.3, -0.25) is 9.59 Å². The van der Waals surface area contributed by atoms with Crippen LogP contribution in [0.5, 0.6) is 0 Å². The molecule has 2 atom stereocenters. The number of carbonyl (C=O) groups is 1. The Morgan fingerprint density at radius 2 is 1.81 bits per heavy atom. The van der Waals surface area contributed by atoms with Crippen LogP contribution in [0.4, 0.5) is 0 Å². The number of fused-ring (bicyclic) bond motifs is 1. The molecule has 1 heterocycles. The molecule has 0 bridgehead atoms. The minimum atomic E-state index is -0.223. The van der Waals surface area contributed by atoms with Gasteiger partial charge in [0, 0.05) is 24.7 Å². The van der Waals surface area contributed by atoms with Gasteiger partial charge in [0.1, 0.15) is 5.56 Å². The van der Waals surface area contributed by atoms with E-state index >= 15 is 0 Å². The van der Waals surface area contributed by atoms with Gasteiger partial charge in [0.15, 0.2) is 0 Å². The minimum absolute atomic E-state index is 0.136. The molecule has 26 heavy (non-hydrogen) atoms. The van der Waals surface area contributed by atoms with Crippen molar-refractivity contribution in [3.63, 3.8) is 0 Å². The fourth-order valence-corrected chi connectivity index (χ4v) is 4.18. The van der Waals surface area contributed by atoms with Crippen molar-refractivity contribution in [2.24, 2.45) is 7.05 Å². The van der Waals surface area contributed by atoms with Crippen LogP contribution in [0, 0.1) is 0 Å². The van der Waals surface area contributed by atoms with Gasteiger partial charge in [-0.15, -0.1) is 0 Å². The molecular formula is C22H26N2O2. The van der Waals surface area contributed by atoms with Crippen LogP contribution in [0.1, 0.15) is 65.2 Å². The first kappa shape index (κ1) is 17.1. The molecule has 1 fully saturated rings. The van der Waals surface area contributed by atoms with E-state index in [4.69, 9.17) is 0 Å². The first-order valence-corrected chi connectivity index (χ1v) is 9.72.